The quantitative estimate of drug-likeness (QED) is 0.739. The Hall–Kier alpha value is -1.07. The van der Waals surface area contributed by atoms with E-state index in [4.69, 9.17) is 12.2 Å². The zero-order chi connectivity index (χ0) is 13.9. The molecule has 0 N–H and O–H groups in total. The molecule has 106 valence electrons. The first-order valence-corrected chi connectivity index (χ1v) is 8.36. The van der Waals surface area contributed by atoms with Crippen LogP contribution in [0.15, 0.2) is 35.3 Å². The third-order valence-corrected chi connectivity index (χ3v) is 5.52. The fourth-order valence-corrected chi connectivity index (χ4v) is 4.14. The molecule has 2 aliphatic heterocycles. The fourth-order valence-electron chi connectivity index (χ4n) is 2.61. The standard InChI is InChI=1S/C15H19N3S2/c1-17-13(12-8-4-2-5-9-12)20-15(16-14(17)19)18-10-6-3-7-11-18/h2,4-5,8-9,13H,3,6-7,10-11H2,1H3/t13-/m0/s1. The Labute approximate surface area is 130 Å². The Bertz CT molecular complexity index is 509. The number of likely N-dealkylation sites (tertiary alicyclic amines) is 1. The molecule has 1 aromatic rings. The molecular formula is C15H19N3S2. The maximum absolute atomic E-state index is 5.45. The SMILES string of the molecule is CN1C(=S)N=C(N2CCCCC2)S[C@H]1c1ccccc1. The van der Waals surface area contributed by atoms with Gasteiger partial charge in [0.2, 0.25) is 0 Å². The van der Waals surface area contributed by atoms with Gasteiger partial charge in [-0.25, -0.2) is 0 Å². The predicted molar refractivity (Wildman–Crippen MR) is 90.0 cm³/mol. The lowest BCUT2D eigenvalue weighted by atomic mass is 10.1. The van der Waals surface area contributed by atoms with Crippen molar-refractivity contribution in [3.05, 3.63) is 35.9 Å². The molecule has 3 nitrogen and oxygen atoms in total. The summed E-state index contributed by atoms with van der Waals surface area (Å²) in [6, 6.07) is 10.5. The maximum Gasteiger partial charge on any atom is 0.198 e. The van der Waals surface area contributed by atoms with Crippen molar-refractivity contribution in [3.8, 4) is 0 Å². The van der Waals surface area contributed by atoms with E-state index < -0.39 is 0 Å². The number of benzene rings is 1. The molecule has 1 atom stereocenters. The minimum Gasteiger partial charge on any atom is -0.351 e. The number of amidine groups is 1. The molecule has 0 aromatic heterocycles. The summed E-state index contributed by atoms with van der Waals surface area (Å²) < 4.78 is 0. The first-order valence-electron chi connectivity index (χ1n) is 7.08. The molecule has 3 rings (SSSR count). The molecule has 2 heterocycles. The highest BCUT2D eigenvalue weighted by atomic mass is 32.2. The third-order valence-electron chi connectivity index (χ3n) is 3.77. The molecule has 20 heavy (non-hydrogen) atoms. The Morgan fingerprint density at radius 1 is 1.15 bits per heavy atom. The van der Waals surface area contributed by atoms with Crippen LogP contribution in [0.4, 0.5) is 0 Å². The number of nitrogens with zero attached hydrogens (tertiary/aromatic N) is 3. The molecule has 0 aliphatic carbocycles. The minimum absolute atomic E-state index is 0.234. The predicted octanol–water partition coefficient (Wildman–Crippen LogP) is 3.49. The zero-order valence-electron chi connectivity index (χ0n) is 11.7. The van der Waals surface area contributed by atoms with Gasteiger partial charge < -0.3 is 9.80 Å². The summed E-state index contributed by atoms with van der Waals surface area (Å²) in [7, 11) is 2.03. The van der Waals surface area contributed by atoms with Crippen molar-refractivity contribution in [2.45, 2.75) is 24.6 Å². The smallest absolute Gasteiger partial charge is 0.198 e. The lowest BCUT2D eigenvalue weighted by Crippen LogP contribution is -2.40. The lowest BCUT2D eigenvalue weighted by Gasteiger charge is -2.37. The summed E-state index contributed by atoms with van der Waals surface area (Å²) in [6.45, 7) is 2.22. The van der Waals surface area contributed by atoms with Gasteiger partial charge in [-0.3, -0.25) is 0 Å². The number of hydrogen-bond donors (Lipinski definition) is 0. The van der Waals surface area contributed by atoms with Crippen LogP contribution in [0, 0.1) is 0 Å². The van der Waals surface area contributed by atoms with E-state index >= 15 is 0 Å². The summed E-state index contributed by atoms with van der Waals surface area (Å²) in [5.41, 5.74) is 1.28. The monoisotopic (exact) mass is 305 g/mol. The highest BCUT2D eigenvalue weighted by Crippen LogP contribution is 2.37. The van der Waals surface area contributed by atoms with Crippen LogP contribution >= 0.6 is 24.0 Å². The lowest BCUT2D eigenvalue weighted by molar-refractivity contribution is 0.346. The molecule has 0 saturated carbocycles. The average Bonchev–Trinajstić information content (AvgIpc) is 2.51. The van der Waals surface area contributed by atoms with E-state index in [1.807, 2.05) is 18.8 Å². The first-order chi connectivity index (χ1) is 9.75. The number of thiocarbonyl (C=S) groups is 1. The number of rotatable bonds is 1. The van der Waals surface area contributed by atoms with E-state index in [9.17, 15) is 0 Å². The molecule has 1 aromatic carbocycles. The number of piperidine rings is 1. The Kier molecular flexibility index (Phi) is 4.27. The van der Waals surface area contributed by atoms with Gasteiger partial charge in [-0.15, -0.1) is 0 Å². The van der Waals surface area contributed by atoms with Gasteiger partial charge in [0.15, 0.2) is 10.3 Å². The second kappa shape index (κ2) is 6.14. The van der Waals surface area contributed by atoms with Gasteiger partial charge in [0.05, 0.1) is 0 Å². The Morgan fingerprint density at radius 3 is 2.55 bits per heavy atom. The summed E-state index contributed by atoms with van der Waals surface area (Å²) in [5.74, 6) is 0. The average molecular weight is 305 g/mol. The normalized spacial score (nSPS) is 23.8. The third kappa shape index (κ3) is 2.83. The molecule has 0 unspecified atom stereocenters. The largest absolute Gasteiger partial charge is 0.351 e. The van der Waals surface area contributed by atoms with Gasteiger partial charge in [0.25, 0.3) is 0 Å². The van der Waals surface area contributed by atoms with Gasteiger partial charge in [-0.2, -0.15) is 4.99 Å². The van der Waals surface area contributed by atoms with E-state index in [-0.39, 0.29) is 5.37 Å². The molecule has 1 saturated heterocycles. The van der Waals surface area contributed by atoms with E-state index in [1.54, 1.807) is 0 Å². The van der Waals surface area contributed by atoms with Crippen molar-refractivity contribution in [1.29, 1.82) is 0 Å². The molecule has 1 fully saturated rings. The van der Waals surface area contributed by atoms with Gasteiger partial charge in [-0.05, 0) is 37.0 Å². The summed E-state index contributed by atoms with van der Waals surface area (Å²) >= 11 is 7.27. The van der Waals surface area contributed by atoms with Crippen molar-refractivity contribution in [2.75, 3.05) is 20.1 Å². The molecule has 0 bridgehead atoms. The van der Waals surface area contributed by atoms with Crippen molar-refractivity contribution in [2.24, 2.45) is 4.99 Å². The highest BCUT2D eigenvalue weighted by molar-refractivity contribution is 8.14. The number of aliphatic imine (C=N–C) groups is 1. The second-order valence-corrected chi connectivity index (χ2v) is 6.63. The molecule has 0 amide bonds. The molecule has 5 heteroatoms. The Morgan fingerprint density at radius 2 is 1.85 bits per heavy atom. The topological polar surface area (TPSA) is 18.8 Å². The van der Waals surface area contributed by atoms with Crippen molar-refractivity contribution >= 4 is 34.3 Å². The first kappa shape index (κ1) is 13.9. The van der Waals surface area contributed by atoms with Crippen LogP contribution in [-0.2, 0) is 0 Å². The van der Waals surface area contributed by atoms with Gasteiger partial charge in [0, 0.05) is 20.1 Å². The van der Waals surface area contributed by atoms with Crippen LogP contribution in [0.3, 0.4) is 0 Å². The van der Waals surface area contributed by atoms with Crippen LogP contribution in [0.2, 0.25) is 0 Å². The van der Waals surface area contributed by atoms with Crippen molar-refractivity contribution < 1.29 is 0 Å². The van der Waals surface area contributed by atoms with Crippen LogP contribution in [-0.4, -0.2) is 40.2 Å². The van der Waals surface area contributed by atoms with E-state index in [0.717, 1.165) is 18.3 Å². The summed E-state index contributed by atoms with van der Waals surface area (Å²) in [6.07, 6.45) is 3.86. The molecule has 2 aliphatic rings. The summed E-state index contributed by atoms with van der Waals surface area (Å²) in [5, 5.41) is 2.03. The van der Waals surface area contributed by atoms with Gasteiger partial charge in [-0.1, -0.05) is 42.1 Å². The minimum atomic E-state index is 0.234. The molecule has 0 radical (unpaired) electrons. The van der Waals surface area contributed by atoms with Crippen molar-refractivity contribution in [3.63, 3.8) is 0 Å². The van der Waals surface area contributed by atoms with Crippen LogP contribution in [0.25, 0.3) is 0 Å². The zero-order valence-corrected chi connectivity index (χ0v) is 13.3. The van der Waals surface area contributed by atoms with Gasteiger partial charge in [0.1, 0.15) is 5.37 Å². The van der Waals surface area contributed by atoms with Crippen LogP contribution in [0.5, 0.6) is 0 Å². The maximum atomic E-state index is 5.45. The molecule has 0 spiro atoms. The van der Waals surface area contributed by atoms with Crippen molar-refractivity contribution in [1.82, 2.24) is 9.80 Å². The van der Waals surface area contributed by atoms with E-state index in [2.05, 4.69) is 45.1 Å². The van der Waals surface area contributed by atoms with E-state index in [0.29, 0.717) is 5.11 Å². The number of hydrogen-bond acceptors (Lipinski definition) is 3. The van der Waals surface area contributed by atoms with Gasteiger partial charge >= 0.3 is 0 Å². The summed E-state index contributed by atoms with van der Waals surface area (Å²) in [4.78, 5) is 9.10. The number of thioether (sulfide) groups is 1. The second-order valence-electron chi connectivity index (χ2n) is 5.22. The molecular weight excluding hydrogens is 286 g/mol. The van der Waals surface area contributed by atoms with Crippen LogP contribution in [0.1, 0.15) is 30.2 Å². The highest BCUT2D eigenvalue weighted by Gasteiger charge is 2.29. The fraction of sp³-hybridized carbons (Fsp3) is 0.467. The Balaban J connectivity index is 1.83. The van der Waals surface area contributed by atoms with E-state index in [1.165, 1.54) is 24.8 Å². The van der Waals surface area contributed by atoms with Crippen LogP contribution < -0.4 is 0 Å².